The molecular formula is C31H31N5O4S. The topological polar surface area (TPSA) is 112 Å². The number of anilines is 1. The summed E-state index contributed by atoms with van der Waals surface area (Å²) >= 11 is 1.22. The van der Waals surface area contributed by atoms with Crippen molar-refractivity contribution in [3.63, 3.8) is 0 Å². The molecule has 0 unspecified atom stereocenters. The molecular weight excluding hydrogens is 538 g/mol. The van der Waals surface area contributed by atoms with Gasteiger partial charge in [-0.25, -0.2) is 9.89 Å². The molecule has 0 saturated heterocycles. The van der Waals surface area contributed by atoms with Gasteiger partial charge in [-0.05, 0) is 42.7 Å². The van der Waals surface area contributed by atoms with Gasteiger partial charge in [0.1, 0.15) is 17.6 Å². The summed E-state index contributed by atoms with van der Waals surface area (Å²) in [5.74, 6) is 0.439. The highest BCUT2D eigenvalue weighted by atomic mass is 32.2. The molecule has 0 spiro atoms. The zero-order valence-corrected chi connectivity index (χ0v) is 23.7. The molecule has 41 heavy (non-hydrogen) atoms. The number of rotatable bonds is 10. The van der Waals surface area contributed by atoms with Gasteiger partial charge in [-0.15, -0.1) is 0 Å². The average Bonchev–Trinajstić information content (AvgIpc) is 3.34. The Bertz CT molecular complexity index is 1510. The van der Waals surface area contributed by atoms with Crippen LogP contribution >= 0.6 is 11.8 Å². The summed E-state index contributed by atoms with van der Waals surface area (Å²) in [4.78, 5) is 50.5. The lowest BCUT2D eigenvalue weighted by Crippen LogP contribution is -2.42. The molecule has 0 fully saturated rings. The van der Waals surface area contributed by atoms with Gasteiger partial charge >= 0.3 is 0 Å². The van der Waals surface area contributed by atoms with Crippen molar-refractivity contribution in [3.8, 4) is 5.75 Å². The van der Waals surface area contributed by atoms with Crippen LogP contribution in [0.2, 0.25) is 0 Å². The van der Waals surface area contributed by atoms with Gasteiger partial charge in [0.05, 0.1) is 23.7 Å². The van der Waals surface area contributed by atoms with Gasteiger partial charge < -0.3 is 15.4 Å². The molecule has 2 aliphatic heterocycles. The number of para-hydroxylation sites is 3. The fraction of sp³-hybridized carbons (Fsp3) is 0.258. The summed E-state index contributed by atoms with van der Waals surface area (Å²) in [5, 5.41) is 5.71. The maximum atomic E-state index is 13.6. The highest BCUT2D eigenvalue weighted by Gasteiger charge is 2.42. The van der Waals surface area contributed by atoms with E-state index in [1.807, 2.05) is 73.7 Å². The molecule has 0 radical (unpaired) electrons. The standard InChI is InChI=1S/C31H31N5O4S/c1-3-26(29(38)34-23-15-9-10-16-25(23)40-2)41-31-35-22-14-8-7-13-21(22)28-33-24(30(39)36(28)31)17-18-27(37)32-19-20-11-5-4-6-12-20/h4-16,24,26H,3,17-19H2,1-2H3,(H,32,37)(H,34,38)/t24-,26+/m0/s1. The monoisotopic (exact) mass is 569 g/mol. The van der Waals surface area contributed by atoms with Crippen LogP contribution in [0.15, 0.2) is 88.8 Å². The van der Waals surface area contributed by atoms with Crippen molar-refractivity contribution in [2.75, 3.05) is 12.4 Å². The van der Waals surface area contributed by atoms with Gasteiger partial charge in [-0.3, -0.25) is 19.4 Å². The van der Waals surface area contributed by atoms with Crippen LogP contribution in [0.1, 0.15) is 37.3 Å². The number of amides is 3. The molecule has 5 rings (SSSR count). The predicted molar refractivity (Wildman–Crippen MR) is 162 cm³/mol. The van der Waals surface area contributed by atoms with E-state index in [1.54, 1.807) is 19.2 Å². The second-order valence-electron chi connectivity index (χ2n) is 9.56. The van der Waals surface area contributed by atoms with Crippen LogP contribution < -0.4 is 15.4 Å². The molecule has 10 heteroatoms. The van der Waals surface area contributed by atoms with Crippen LogP contribution in [0.5, 0.6) is 5.75 Å². The largest absolute Gasteiger partial charge is 0.495 e. The third-order valence-electron chi connectivity index (χ3n) is 6.80. The Morgan fingerprint density at radius 1 is 1.02 bits per heavy atom. The summed E-state index contributed by atoms with van der Waals surface area (Å²) in [6, 6.07) is 23.6. The summed E-state index contributed by atoms with van der Waals surface area (Å²) in [6.07, 6.45) is 0.935. The summed E-state index contributed by atoms with van der Waals surface area (Å²) in [6.45, 7) is 2.34. The SMILES string of the molecule is CC[C@@H](SC1=Nc2ccccc2C2=N[C@@H](CCC(=O)NCc3ccccc3)C(=O)N12)C(=O)Nc1ccccc1OC. The molecule has 2 heterocycles. The molecule has 9 nitrogen and oxygen atoms in total. The molecule has 2 N–H and O–H groups in total. The molecule has 3 aromatic rings. The number of fused-ring (bicyclic) bond motifs is 3. The van der Waals surface area contributed by atoms with Gasteiger partial charge in [0.2, 0.25) is 11.8 Å². The van der Waals surface area contributed by atoms with E-state index in [0.717, 1.165) is 11.1 Å². The van der Waals surface area contributed by atoms with Gasteiger partial charge in [0.15, 0.2) is 5.17 Å². The van der Waals surface area contributed by atoms with E-state index in [4.69, 9.17) is 14.7 Å². The summed E-state index contributed by atoms with van der Waals surface area (Å²) < 4.78 is 5.37. The second-order valence-corrected chi connectivity index (χ2v) is 10.7. The molecule has 0 aliphatic carbocycles. The maximum Gasteiger partial charge on any atom is 0.259 e. The average molecular weight is 570 g/mol. The lowest BCUT2D eigenvalue weighted by atomic mass is 10.1. The van der Waals surface area contributed by atoms with Crippen LogP contribution in [0, 0.1) is 0 Å². The fourth-order valence-corrected chi connectivity index (χ4v) is 5.65. The smallest absolute Gasteiger partial charge is 0.259 e. The molecule has 0 aromatic heterocycles. The highest BCUT2D eigenvalue weighted by molar-refractivity contribution is 8.15. The molecule has 3 aromatic carbocycles. The minimum absolute atomic E-state index is 0.144. The Labute approximate surface area is 243 Å². The van der Waals surface area contributed by atoms with E-state index in [2.05, 4.69) is 10.6 Å². The Morgan fingerprint density at radius 2 is 1.76 bits per heavy atom. The van der Waals surface area contributed by atoms with Crippen molar-refractivity contribution in [1.29, 1.82) is 0 Å². The third-order valence-corrected chi connectivity index (χ3v) is 8.12. The third kappa shape index (κ3) is 6.33. The van der Waals surface area contributed by atoms with Crippen LogP contribution in [0.4, 0.5) is 11.4 Å². The number of ether oxygens (including phenoxy) is 1. The van der Waals surface area contributed by atoms with Gasteiger partial charge in [0, 0.05) is 18.5 Å². The van der Waals surface area contributed by atoms with Crippen molar-refractivity contribution in [2.45, 2.75) is 44.0 Å². The number of carbonyl (C=O) groups excluding carboxylic acids is 3. The minimum Gasteiger partial charge on any atom is -0.495 e. The van der Waals surface area contributed by atoms with E-state index >= 15 is 0 Å². The molecule has 2 atom stereocenters. The van der Waals surface area contributed by atoms with Crippen molar-refractivity contribution in [3.05, 3.63) is 90.0 Å². The van der Waals surface area contributed by atoms with Crippen molar-refractivity contribution < 1.29 is 19.1 Å². The number of amidine groups is 2. The van der Waals surface area contributed by atoms with E-state index in [9.17, 15) is 14.4 Å². The lowest BCUT2D eigenvalue weighted by molar-refractivity contribution is -0.125. The first-order valence-corrected chi connectivity index (χ1v) is 14.4. The number of hydrogen-bond donors (Lipinski definition) is 2. The molecule has 2 aliphatic rings. The first-order chi connectivity index (χ1) is 20.0. The van der Waals surface area contributed by atoms with E-state index in [1.165, 1.54) is 16.7 Å². The van der Waals surface area contributed by atoms with E-state index in [-0.39, 0.29) is 30.6 Å². The summed E-state index contributed by atoms with van der Waals surface area (Å²) in [7, 11) is 1.55. The Morgan fingerprint density at radius 3 is 2.54 bits per heavy atom. The Hall–Kier alpha value is -4.44. The molecule has 3 amide bonds. The quantitative estimate of drug-likeness (QED) is 0.361. The van der Waals surface area contributed by atoms with Crippen LogP contribution in [0.25, 0.3) is 0 Å². The second kappa shape index (κ2) is 12.8. The Balaban J connectivity index is 1.30. The lowest BCUT2D eigenvalue weighted by Gasteiger charge is -2.27. The van der Waals surface area contributed by atoms with Crippen LogP contribution in [-0.2, 0) is 20.9 Å². The number of benzene rings is 3. The first kappa shape index (κ1) is 28.1. The molecule has 210 valence electrons. The van der Waals surface area contributed by atoms with Crippen LogP contribution in [-0.4, -0.2) is 52.0 Å². The number of nitrogens with zero attached hydrogens (tertiary/aromatic N) is 3. The summed E-state index contributed by atoms with van der Waals surface area (Å²) in [5.41, 5.74) is 3.00. The molecule has 0 saturated carbocycles. The van der Waals surface area contributed by atoms with E-state index < -0.39 is 11.3 Å². The first-order valence-electron chi connectivity index (χ1n) is 13.5. The van der Waals surface area contributed by atoms with Gasteiger partial charge in [-0.1, -0.05) is 73.3 Å². The number of aliphatic imine (C=N–C) groups is 2. The number of nitrogens with one attached hydrogen (secondary N) is 2. The van der Waals surface area contributed by atoms with Crippen molar-refractivity contribution in [2.24, 2.45) is 9.98 Å². The number of thioether (sulfide) groups is 1. The fourth-order valence-electron chi connectivity index (χ4n) is 4.63. The number of carbonyl (C=O) groups is 3. The Kier molecular flexibility index (Phi) is 8.79. The minimum atomic E-state index is -0.716. The van der Waals surface area contributed by atoms with E-state index in [0.29, 0.717) is 41.1 Å². The normalized spacial score (nSPS) is 16.2. The van der Waals surface area contributed by atoms with Gasteiger partial charge in [-0.2, -0.15) is 0 Å². The maximum absolute atomic E-state index is 13.6. The highest BCUT2D eigenvalue weighted by Crippen LogP contribution is 2.36. The van der Waals surface area contributed by atoms with Crippen molar-refractivity contribution in [1.82, 2.24) is 10.2 Å². The van der Waals surface area contributed by atoms with Gasteiger partial charge in [0.25, 0.3) is 5.91 Å². The number of methoxy groups -OCH3 is 1. The zero-order valence-electron chi connectivity index (χ0n) is 22.9. The zero-order chi connectivity index (χ0) is 28.8. The van der Waals surface area contributed by atoms with Crippen molar-refractivity contribution >= 4 is 51.9 Å². The van der Waals surface area contributed by atoms with Crippen LogP contribution in [0.3, 0.4) is 0 Å². The molecule has 0 bridgehead atoms. The predicted octanol–water partition coefficient (Wildman–Crippen LogP) is 4.90. The number of hydrogen-bond acceptors (Lipinski definition) is 7.